The maximum Gasteiger partial charge on any atom is 0.338 e. The van der Waals surface area contributed by atoms with Crippen molar-refractivity contribution < 1.29 is 28.5 Å². The van der Waals surface area contributed by atoms with Gasteiger partial charge in [0.15, 0.2) is 17.3 Å². The number of aryl methyl sites for hydroxylation is 1. The van der Waals surface area contributed by atoms with Crippen LogP contribution in [0.15, 0.2) is 59.1 Å². The summed E-state index contributed by atoms with van der Waals surface area (Å²) in [6, 6.07) is 11.3. The number of benzene rings is 2. The number of rotatable bonds is 7. The monoisotopic (exact) mass is 492 g/mol. The van der Waals surface area contributed by atoms with Crippen molar-refractivity contribution in [1.29, 1.82) is 0 Å². The molecule has 8 heteroatoms. The fraction of sp³-hybridized carbons (Fsp3) is 0.357. The number of nitrogens with zero attached hydrogens (tertiary/aromatic N) is 1. The SMILES string of the molecule is CCOC(=O)C1=C(N)N(c2cccc(C)c2)C2=C(C(=O)CCC2)C1c1cc(OC)c(OC)c(OC)c1. The minimum atomic E-state index is -0.749. The number of carbonyl (C=O) groups excluding carboxylic acids is 2. The van der Waals surface area contributed by atoms with Crippen LogP contribution >= 0.6 is 0 Å². The van der Waals surface area contributed by atoms with Gasteiger partial charge in [-0.1, -0.05) is 12.1 Å². The first-order chi connectivity index (χ1) is 17.4. The maximum absolute atomic E-state index is 13.5. The van der Waals surface area contributed by atoms with E-state index in [1.165, 1.54) is 21.3 Å². The second-order valence-electron chi connectivity index (χ2n) is 8.72. The number of methoxy groups -OCH3 is 3. The fourth-order valence-corrected chi connectivity index (χ4v) is 5.06. The lowest BCUT2D eigenvalue weighted by molar-refractivity contribution is -0.138. The summed E-state index contributed by atoms with van der Waals surface area (Å²) < 4.78 is 22.1. The van der Waals surface area contributed by atoms with E-state index in [1.807, 2.05) is 36.1 Å². The lowest BCUT2D eigenvalue weighted by atomic mass is 9.75. The van der Waals surface area contributed by atoms with Gasteiger partial charge in [0.05, 0.1) is 39.4 Å². The van der Waals surface area contributed by atoms with Crippen LogP contribution in [0.4, 0.5) is 5.69 Å². The third kappa shape index (κ3) is 4.27. The highest BCUT2D eigenvalue weighted by atomic mass is 16.5. The second-order valence-corrected chi connectivity index (χ2v) is 8.72. The van der Waals surface area contributed by atoms with Gasteiger partial charge in [0, 0.05) is 23.4 Å². The van der Waals surface area contributed by atoms with Crippen LogP contribution in [-0.2, 0) is 14.3 Å². The zero-order valence-electron chi connectivity index (χ0n) is 21.3. The molecule has 0 saturated heterocycles. The summed E-state index contributed by atoms with van der Waals surface area (Å²) in [5.74, 6) is 0.145. The minimum absolute atomic E-state index is 0.0260. The van der Waals surface area contributed by atoms with Crippen LogP contribution in [0.25, 0.3) is 0 Å². The summed E-state index contributed by atoms with van der Waals surface area (Å²) in [5.41, 5.74) is 10.8. The molecule has 0 radical (unpaired) electrons. The number of carbonyl (C=O) groups is 2. The molecule has 0 fully saturated rings. The minimum Gasteiger partial charge on any atom is -0.493 e. The van der Waals surface area contributed by atoms with E-state index in [4.69, 9.17) is 24.7 Å². The molecule has 2 aromatic carbocycles. The van der Waals surface area contributed by atoms with E-state index in [9.17, 15) is 9.59 Å². The van der Waals surface area contributed by atoms with E-state index in [0.29, 0.717) is 47.6 Å². The molecule has 1 heterocycles. The smallest absolute Gasteiger partial charge is 0.338 e. The first-order valence-electron chi connectivity index (χ1n) is 12.0. The fourth-order valence-electron chi connectivity index (χ4n) is 5.06. The zero-order valence-corrected chi connectivity index (χ0v) is 21.3. The Balaban J connectivity index is 2.04. The van der Waals surface area contributed by atoms with Gasteiger partial charge in [-0.3, -0.25) is 9.69 Å². The lowest BCUT2D eigenvalue weighted by Gasteiger charge is -2.40. The molecule has 2 aromatic rings. The van der Waals surface area contributed by atoms with Gasteiger partial charge in [0.1, 0.15) is 5.82 Å². The van der Waals surface area contributed by atoms with Crippen molar-refractivity contribution in [3.05, 3.63) is 70.2 Å². The summed E-state index contributed by atoms with van der Waals surface area (Å²) in [6.07, 6.45) is 1.73. The van der Waals surface area contributed by atoms with Crippen molar-refractivity contribution in [1.82, 2.24) is 0 Å². The van der Waals surface area contributed by atoms with Gasteiger partial charge in [-0.2, -0.15) is 0 Å². The van der Waals surface area contributed by atoms with Crippen molar-refractivity contribution in [3.8, 4) is 17.2 Å². The Morgan fingerprint density at radius 3 is 2.33 bits per heavy atom. The van der Waals surface area contributed by atoms with Crippen molar-refractivity contribution in [2.24, 2.45) is 5.73 Å². The van der Waals surface area contributed by atoms with Crippen LogP contribution in [-0.4, -0.2) is 39.7 Å². The molecule has 1 unspecified atom stereocenters. The Kier molecular flexibility index (Phi) is 7.24. The summed E-state index contributed by atoms with van der Waals surface area (Å²) in [7, 11) is 4.57. The second kappa shape index (κ2) is 10.4. The highest BCUT2D eigenvalue weighted by Crippen LogP contribution is 2.49. The molecule has 0 spiro atoms. The van der Waals surface area contributed by atoms with Crippen molar-refractivity contribution >= 4 is 17.4 Å². The summed E-state index contributed by atoms with van der Waals surface area (Å²) in [4.78, 5) is 28.8. The van der Waals surface area contributed by atoms with Crippen LogP contribution in [0.3, 0.4) is 0 Å². The predicted molar refractivity (Wildman–Crippen MR) is 136 cm³/mol. The van der Waals surface area contributed by atoms with Gasteiger partial charge in [-0.25, -0.2) is 4.79 Å². The topological polar surface area (TPSA) is 100 Å². The third-order valence-electron chi connectivity index (χ3n) is 6.57. The molecule has 0 saturated carbocycles. The van der Waals surface area contributed by atoms with Crippen LogP contribution in [0, 0.1) is 6.92 Å². The van der Waals surface area contributed by atoms with E-state index in [0.717, 1.165) is 16.9 Å². The number of ether oxygens (including phenoxy) is 4. The van der Waals surface area contributed by atoms with Gasteiger partial charge in [0.2, 0.25) is 5.75 Å². The number of ketones is 1. The largest absolute Gasteiger partial charge is 0.493 e. The van der Waals surface area contributed by atoms with Gasteiger partial charge in [-0.15, -0.1) is 0 Å². The number of hydrogen-bond acceptors (Lipinski definition) is 8. The van der Waals surface area contributed by atoms with Crippen LogP contribution in [0.1, 0.15) is 43.2 Å². The van der Waals surface area contributed by atoms with Gasteiger partial charge < -0.3 is 24.7 Å². The number of esters is 1. The first-order valence-corrected chi connectivity index (χ1v) is 12.0. The van der Waals surface area contributed by atoms with E-state index in [1.54, 1.807) is 19.1 Å². The van der Waals surface area contributed by atoms with Crippen molar-refractivity contribution in [3.63, 3.8) is 0 Å². The standard InChI is InChI=1S/C28H32N2O6/c1-6-36-28(32)25-23(17-14-21(33-3)26(35-5)22(15-17)34-4)24-19(11-8-12-20(24)31)30(27(25)29)18-10-7-9-16(2)13-18/h7,9-10,13-15,23H,6,8,11-12,29H2,1-5H3. The number of anilines is 1. The molecular formula is C28H32N2O6. The molecule has 1 atom stereocenters. The summed E-state index contributed by atoms with van der Waals surface area (Å²) >= 11 is 0. The number of Topliss-reactive ketones (excluding diaryl/α,β-unsaturated/α-hetero) is 1. The van der Waals surface area contributed by atoms with Gasteiger partial charge in [0.25, 0.3) is 0 Å². The Morgan fingerprint density at radius 2 is 1.75 bits per heavy atom. The highest BCUT2D eigenvalue weighted by Gasteiger charge is 2.43. The van der Waals surface area contributed by atoms with Gasteiger partial charge in [-0.05, 0) is 62.1 Å². The molecule has 2 aliphatic rings. The van der Waals surface area contributed by atoms with Crippen molar-refractivity contribution in [2.75, 3.05) is 32.8 Å². The number of nitrogens with two attached hydrogens (primary N) is 1. The molecule has 36 heavy (non-hydrogen) atoms. The molecule has 1 aliphatic carbocycles. The van der Waals surface area contributed by atoms with E-state index in [2.05, 4.69) is 0 Å². The van der Waals surface area contributed by atoms with Crippen molar-refractivity contribution in [2.45, 2.75) is 39.0 Å². The molecule has 0 amide bonds. The molecular weight excluding hydrogens is 460 g/mol. The summed E-state index contributed by atoms with van der Waals surface area (Å²) in [5, 5.41) is 0. The first kappa shape index (κ1) is 25.2. The van der Waals surface area contributed by atoms with Crippen LogP contribution in [0.2, 0.25) is 0 Å². The molecule has 0 bridgehead atoms. The number of allylic oxidation sites excluding steroid dienone is 2. The third-order valence-corrected chi connectivity index (χ3v) is 6.57. The van der Waals surface area contributed by atoms with Crippen LogP contribution < -0.4 is 24.8 Å². The quantitative estimate of drug-likeness (QED) is 0.569. The Labute approximate surface area is 211 Å². The molecule has 1 aliphatic heterocycles. The number of hydrogen-bond donors (Lipinski definition) is 1. The molecule has 8 nitrogen and oxygen atoms in total. The molecule has 4 rings (SSSR count). The average Bonchev–Trinajstić information content (AvgIpc) is 2.87. The molecule has 0 aromatic heterocycles. The van der Waals surface area contributed by atoms with Gasteiger partial charge >= 0.3 is 5.97 Å². The van der Waals surface area contributed by atoms with E-state index in [-0.39, 0.29) is 23.8 Å². The predicted octanol–water partition coefficient (Wildman–Crippen LogP) is 4.37. The van der Waals surface area contributed by atoms with E-state index < -0.39 is 11.9 Å². The normalized spacial score (nSPS) is 17.6. The highest BCUT2D eigenvalue weighted by molar-refractivity contribution is 6.05. The average molecular weight is 493 g/mol. The Morgan fingerprint density at radius 1 is 1.06 bits per heavy atom. The zero-order chi connectivity index (χ0) is 26.0. The Hall–Kier alpha value is -3.94. The summed E-state index contributed by atoms with van der Waals surface area (Å²) in [6.45, 7) is 3.89. The molecule has 2 N–H and O–H groups in total. The van der Waals surface area contributed by atoms with E-state index >= 15 is 0 Å². The Bertz CT molecular complexity index is 1240. The lowest BCUT2D eigenvalue weighted by Crippen LogP contribution is -2.41. The maximum atomic E-state index is 13.5. The van der Waals surface area contributed by atoms with Crippen LogP contribution in [0.5, 0.6) is 17.2 Å². The molecule has 190 valence electrons.